The molecule has 4 N–H and O–H groups in total. The first-order valence-electron chi connectivity index (χ1n) is 8.04. The van der Waals surface area contributed by atoms with Gasteiger partial charge in [-0.05, 0) is 41.8 Å². The van der Waals surface area contributed by atoms with Crippen LogP contribution in [0, 0.1) is 10.8 Å². The number of halogens is 1. The van der Waals surface area contributed by atoms with Crippen LogP contribution in [0.15, 0.2) is 22.9 Å². The van der Waals surface area contributed by atoms with Gasteiger partial charge in [-0.15, -0.1) is 0 Å². The zero-order valence-corrected chi connectivity index (χ0v) is 15.9. The molecule has 2 unspecified atom stereocenters. The highest BCUT2D eigenvalue weighted by Crippen LogP contribution is 2.53. The van der Waals surface area contributed by atoms with Gasteiger partial charge < -0.3 is 16.2 Å². The summed E-state index contributed by atoms with van der Waals surface area (Å²) < 4.78 is 2.47. The van der Waals surface area contributed by atoms with Crippen molar-refractivity contribution in [3.8, 4) is 0 Å². The van der Waals surface area contributed by atoms with E-state index >= 15 is 0 Å². The number of primary amides is 1. The molecule has 0 radical (unpaired) electrons. The summed E-state index contributed by atoms with van der Waals surface area (Å²) in [6.45, 7) is 5.67. The number of amides is 1. The summed E-state index contributed by atoms with van der Waals surface area (Å²) in [6, 6.07) is 1.73. The van der Waals surface area contributed by atoms with Gasteiger partial charge in [-0.1, -0.05) is 13.8 Å². The van der Waals surface area contributed by atoms with Crippen molar-refractivity contribution in [2.75, 3.05) is 5.32 Å². The second-order valence-electron chi connectivity index (χ2n) is 7.38. The van der Waals surface area contributed by atoms with Crippen molar-refractivity contribution < 1.29 is 14.7 Å². The molecule has 134 valence electrons. The number of hydrogen-bond acceptors (Lipinski definition) is 4. The molecule has 2 atom stereocenters. The standard InChI is InChI=1S/C17H21BrN4O3/c1-16(2)12(4-5-17(16,3)15(24)25)21-13-10(14(19)23)7-20-22-8-9(18)6-11(13)22/h6-8,12,21H,4-5H2,1-3H3,(H2,19,23)(H,24,25). The second-order valence-corrected chi connectivity index (χ2v) is 8.30. The normalized spacial score (nSPS) is 25.2. The molecule has 25 heavy (non-hydrogen) atoms. The van der Waals surface area contributed by atoms with Gasteiger partial charge in [0.05, 0.1) is 28.4 Å². The van der Waals surface area contributed by atoms with E-state index in [1.165, 1.54) is 6.20 Å². The number of carbonyl (C=O) groups excluding carboxylic acids is 1. The summed E-state index contributed by atoms with van der Waals surface area (Å²) in [5, 5.41) is 17.3. The van der Waals surface area contributed by atoms with Crippen LogP contribution in [0.1, 0.15) is 44.0 Å². The van der Waals surface area contributed by atoms with Gasteiger partial charge in [-0.2, -0.15) is 5.10 Å². The molecule has 3 rings (SSSR count). The van der Waals surface area contributed by atoms with Gasteiger partial charge in [0.1, 0.15) is 0 Å². The van der Waals surface area contributed by atoms with Crippen molar-refractivity contribution in [3.05, 3.63) is 28.5 Å². The molecule has 2 heterocycles. The molecule has 0 bridgehead atoms. The number of anilines is 1. The third-order valence-electron chi connectivity index (χ3n) is 5.89. The van der Waals surface area contributed by atoms with Crippen molar-refractivity contribution in [3.63, 3.8) is 0 Å². The van der Waals surface area contributed by atoms with Crippen LogP contribution in [0.5, 0.6) is 0 Å². The Morgan fingerprint density at radius 2 is 2.12 bits per heavy atom. The number of nitrogens with zero attached hydrogens (tertiary/aromatic N) is 2. The Morgan fingerprint density at radius 1 is 1.44 bits per heavy atom. The number of aromatic nitrogens is 2. The Morgan fingerprint density at radius 3 is 2.68 bits per heavy atom. The van der Waals surface area contributed by atoms with Crippen LogP contribution in [0.2, 0.25) is 0 Å². The lowest BCUT2D eigenvalue weighted by atomic mass is 9.68. The van der Waals surface area contributed by atoms with Crippen LogP contribution in [0.4, 0.5) is 5.69 Å². The Kier molecular flexibility index (Phi) is 4.06. The zero-order chi connectivity index (χ0) is 18.6. The molecule has 1 fully saturated rings. The maximum atomic E-state index is 11.9. The van der Waals surface area contributed by atoms with Crippen molar-refractivity contribution in [1.29, 1.82) is 0 Å². The summed E-state index contributed by atoms with van der Waals surface area (Å²) in [5.41, 5.74) is 5.75. The predicted molar refractivity (Wildman–Crippen MR) is 97.6 cm³/mol. The van der Waals surface area contributed by atoms with Crippen LogP contribution in [-0.4, -0.2) is 32.6 Å². The molecule has 7 nitrogen and oxygen atoms in total. The average molecular weight is 409 g/mol. The molecule has 1 aliphatic carbocycles. The molecule has 2 aromatic heterocycles. The summed E-state index contributed by atoms with van der Waals surface area (Å²) >= 11 is 3.41. The van der Waals surface area contributed by atoms with Crippen molar-refractivity contribution in [2.24, 2.45) is 16.6 Å². The van der Waals surface area contributed by atoms with Crippen molar-refractivity contribution >= 4 is 39.0 Å². The molecule has 0 aromatic carbocycles. The maximum absolute atomic E-state index is 11.9. The lowest BCUT2D eigenvalue weighted by Crippen LogP contribution is -2.45. The van der Waals surface area contributed by atoms with E-state index in [0.717, 1.165) is 4.47 Å². The lowest BCUT2D eigenvalue weighted by Gasteiger charge is -2.39. The summed E-state index contributed by atoms with van der Waals surface area (Å²) in [4.78, 5) is 23.7. The first kappa shape index (κ1) is 17.7. The average Bonchev–Trinajstić information content (AvgIpc) is 2.99. The SMILES string of the molecule is CC1(C(=O)O)CCC(Nc2c(C(N)=O)cnn3cc(Br)cc23)C1(C)C. The number of hydrogen-bond donors (Lipinski definition) is 3. The van der Waals surface area contributed by atoms with Gasteiger partial charge in [-0.25, -0.2) is 4.52 Å². The molecule has 0 saturated heterocycles. The summed E-state index contributed by atoms with van der Waals surface area (Å²) in [7, 11) is 0. The fraction of sp³-hybridized carbons (Fsp3) is 0.471. The van der Waals surface area contributed by atoms with E-state index in [1.54, 1.807) is 17.6 Å². The highest BCUT2D eigenvalue weighted by Gasteiger charge is 2.56. The first-order chi connectivity index (χ1) is 11.6. The minimum absolute atomic E-state index is 0.119. The lowest BCUT2D eigenvalue weighted by molar-refractivity contribution is -0.153. The van der Waals surface area contributed by atoms with Gasteiger partial charge in [0.25, 0.3) is 5.91 Å². The van der Waals surface area contributed by atoms with Gasteiger partial charge in [0, 0.05) is 22.1 Å². The third kappa shape index (κ3) is 2.59. The van der Waals surface area contributed by atoms with E-state index in [2.05, 4.69) is 26.3 Å². The molecule has 0 aliphatic heterocycles. The fourth-order valence-electron chi connectivity index (χ4n) is 3.67. The van der Waals surface area contributed by atoms with E-state index in [1.807, 2.05) is 19.9 Å². The van der Waals surface area contributed by atoms with Gasteiger partial charge in [0.15, 0.2) is 0 Å². The van der Waals surface area contributed by atoms with Crippen LogP contribution in [0.3, 0.4) is 0 Å². The second kappa shape index (κ2) is 5.72. The Labute approximate surface area is 153 Å². The Balaban J connectivity index is 2.08. The maximum Gasteiger partial charge on any atom is 0.309 e. The highest BCUT2D eigenvalue weighted by molar-refractivity contribution is 9.10. The molecular weight excluding hydrogens is 388 g/mol. The predicted octanol–water partition coefficient (Wildman–Crippen LogP) is 2.89. The number of nitrogens with two attached hydrogens (primary N) is 1. The van der Waals surface area contributed by atoms with E-state index in [4.69, 9.17) is 5.73 Å². The smallest absolute Gasteiger partial charge is 0.309 e. The van der Waals surface area contributed by atoms with Crippen LogP contribution in [0.25, 0.3) is 5.52 Å². The molecule has 2 aromatic rings. The fourth-order valence-corrected chi connectivity index (χ4v) is 4.08. The Hall–Kier alpha value is -2.09. The number of carbonyl (C=O) groups is 2. The molecule has 1 saturated carbocycles. The highest BCUT2D eigenvalue weighted by atomic mass is 79.9. The quantitative estimate of drug-likeness (QED) is 0.720. The van der Waals surface area contributed by atoms with Crippen LogP contribution in [-0.2, 0) is 4.79 Å². The van der Waals surface area contributed by atoms with E-state index < -0.39 is 22.7 Å². The molecule has 0 spiro atoms. The minimum atomic E-state index is -0.844. The minimum Gasteiger partial charge on any atom is -0.481 e. The number of carboxylic acid groups (broad SMARTS) is 1. The largest absolute Gasteiger partial charge is 0.481 e. The molecule has 1 amide bonds. The molecule has 1 aliphatic rings. The van der Waals surface area contributed by atoms with Gasteiger partial charge in [-0.3, -0.25) is 9.59 Å². The summed E-state index contributed by atoms with van der Waals surface area (Å²) in [6.07, 6.45) is 4.46. The van der Waals surface area contributed by atoms with Crippen molar-refractivity contribution in [2.45, 2.75) is 39.7 Å². The third-order valence-corrected chi connectivity index (χ3v) is 6.32. The number of nitrogens with one attached hydrogen (secondary N) is 1. The number of fused-ring (bicyclic) bond motifs is 1. The number of carboxylic acids is 1. The molecular formula is C17H21BrN4O3. The van der Waals surface area contributed by atoms with Crippen molar-refractivity contribution in [1.82, 2.24) is 9.61 Å². The molecule has 8 heteroatoms. The number of rotatable bonds is 4. The first-order valence-corrected chi connectivity index (χ1v) is 8.84. The summed E-state index contributed by atoms with van der Waals surface area (Å²) in [5.74, 6) is -1.38. The zero-order valence-electron chi connectivity index (χ0n) is 14.3. The van der Waals surface area contributed by atoms with E-state index in [0.29, 0.717) is 24.0 Å². The van der Waals surface area contributed by atoms with Crippen LogP contribution < -0.4 is 11.1 Å². The van der Waals surface area contributed by atoms with Gasteiger partial charge >= 0.3 is 5.97 Å². The number of aliphatic carboxylic acids is 1. The van der Waals surface area contributed by atoms with E-state index in [9.17, 15) is 14.7 Å². The monoisotopic (exact) mass is 408 g/mol. The van der Waals surface area contributed by atoms with Crippen LogP contribution >= 0.6 is 15.9 Å². The van der Waals surface area contributed by atoms with E-state index in [-0.39, 0.29) is 11.6 Å². The Bertz CT molecular complexity index is 876. The topological polar surface area (TPSA) is 110 Å². The van der Waals surface area contributed by atoms with Gasteiger partial charge in [0.2, 0.25) is 0 Å².